The van der Waals surface area contributed by atoms with Crippen LogP contribution in [-0.4, -0.2) is 74.0 Å². The molecule has 0 saturated carbocycles. The van der Waals surface area contributed by atoms with E-state index in [1.54, 1.807) is 109 Å². The first kappa shape index (κ1) is 80.0. The molecule has 0 unspecified atom stereocenters. The van der Waals surface area contributed by atoms with Crippen LogP contribution in [0.2, 0.25) is 0 Å². The van der Waals surface area contributed by atoms with Crippen LogP contribution >= 0.6 is 0 Å². The summed E-state index contributed by atoms with van der Waals surface area (Å²) in [4.78, 5) is 51.1. The Balaban J connectivity index is 0.000000169. The van der Waals surface area contributed by atoms with Crippen molar-refractivity contribution in [1.82, 2.24) is 59.8 Å². The van der Waals surface area contributed by atoms with Gasteiger partial charge in [0.2, 0.25) is 0 Å². The number of pyridine rings is 4. The lowest BCUT2D eigenvalue weighted by molar-refractivity contribution is 0.414. The number of benzene rings is 4. The van der Waals surface area contributed by atoms with E-state index >= 15 is 0 Å². The summed E-state index contributed by atoms with van der Waals surface area (Å²) in [5, 5.41) is 8.87. The summed E-state index contributed by atoms with van der Waals surface area (Å²) in [7, 11) is 3.28. The number of hydrogen-bond donors (Lipinski definition) is 4. The largest absolute Gasteiger partial charge is 0.497 e. The SMILES string of the molecule is COc1ccc(/C=C/c2cc(Oc3cnc(C)nc3N)c(C(C)C)cn2)cc1.COc1ccc(C#Cc2cc(Oc3cnc(C)nc3N)c(C(C)C)cn2)cc1.Cc1ncc(Oc2cc(/C=C/c3ccccc3)ncc2C(C)C)c(N)n1.Cc1ncc(Oc2cc(C#Cc3ccc(C#N)cc3)ncc2C(C)C)c(N)n1. The Hall–Kier alpha value is -14.1. The summed E-state index contributed by atoms with van der Waals surface area (Å²) in [5.74, 6) is 22.7. The highest BCUT2D eigenvalue weighted by molar-refractivity contribution is 5.70. The molecule has 0 fully saturated rings. The molecule has 0 spiro atoms. The zero-order valence-corrected chi connectivity index (χ0v) is 63.9. The van der Waals surface area contributed by atoms with E-state index in [0.29, 0.717) is 104 Å². The van der Waals surface area contributed by atoms with E-state index in [4.69, 9.17) is 56.6 Å². The number of anilines is 4. The van der Waals surface area contributed by atoms with Gasteiger partial charge in [-0.05, 0) is 147 Å². The molecule has 110 heavy (non-hydrogen) atoms. The Kier molecular flexibility index (Phi) is 28.2. The second-order valence-electron chi connectivity index (χ2n) is 26.0. The average Bonchev–Trinajstić information content (AvgIpc) is 0.837. The van der Waals surface area contributed by atoms with Crippen LogP contribution < -0.4 is 51.4 Å². The number of hydrogen-bond acceptors (Lipinski definition) is 23. The van der Waals surface area contributed by atoms with Gasteiger partial charge in [-0.3, -0.25) is 9.97 Å². The van der Waals surface area contributed by atoms with Crippen molar-refractivity contribution in [2.24, 2.45) is 0 Å². The average molecular weight is 1470 g/mol. The van der Waals surface area contributed by atoms with Gasteiger partial charge in [-0.2, -0.15) is 5.26 Å². The highest BCUT2D eigenvalue weighted by Crippen LogP contribution is 2.37. The first-order chi connectivity index (χ1) is 52.9. The second-order valence-corrected chi connectivity index (χ2v) is 26.0. The number of aryl methyl sites for hydroxylation is 4. The van der Waals surface area contributed by atoms with Gasteiger partial charge in [0.1, 0.15) is 69.2 Å². The molecule has 12 aromatic rings. The summed E-state index contributed by atoms with van der Waals surface area (Å²) >= 11 is 0. The predicted molar refractivity (Wildman–Crippen MR) is 432 cm³/mol. The summed E-state index contributed by atoms with van der Waals surface area (Å²) < 4.78 is 34.4. The molecule has 0 bridgehead atoms. The fraction of sp³-hybridized carbons (Fsp3) is 0.207. The minimum atomic E-state index is 0.204. The van der Waals surface area contributed by atoms with Gasteiger partial charge in [-0.15, -0.1) is 0 Å². The Morgan fingerprint density at radius 2 is 0.627 bits per heavy atom. The summed E-state index contributed by atoms with van der Waals surface area (Å²) in [5.41, 5.74) is 34.9. The molecule has 0 aliphatic carbocycles. The fourth-order valence-electron chi connectivity index (χ4n) is 10.1. The third kappa shape index (κ3) is 23.4. The monoisotopic (exact) mass is 1470 g/mol. The van der Waals surface area contributed by atoms with Gasteiger partial charge >= 0.3 is 0 Å². The topological polar surface area (TPSA) is 338 Å². The number of methoxy groups -OCH3 is 2. The van der Waals surface area contributed by atoms with Gasteiger partial charge < -0.3 is 51.4 Å². The number of nitrogens with two attached hydrogens (primary N) is 4. The van der Waals surface area contributed by atoms with Gasteiger partial charge in [-0.1, -0.05) is 122 Å². The van der Waals surface area contributed by atoms with E-state index in [1.165, 1.54) is 0 Å². The molecule has 23 heteroatoms. The van der Waals surface area contributed by atoms with E-state index in [0.717, 1.165) is 67.4 Å². The highest BCUT2D eigenvalue weighted by atomic mass is 16.5. The number of nitrogens with zero attached hydrogens (tertiary/aromatic N) is 13. The maximum absolute atomic E-state index is 8.87. The van der Waals surface area contributed by atoms with Crippen LogP contribution in [0.3, 0.4) is 0 Å². The van der Waals surface area contributed by atoms with Crippen LogP contribution in [0.4, 0.5) is 23.3 Å². The summed E-state index contributed by atoms with van der Waals surface area (Å²) in [6, 6.07) is 42.0. The summed E-state index contributed by atoms with van der Waals surface area (Å²) in [6.07, 6.45) is 21.4. The van der Waals surface area contributed by atoms with E-state index in [-0.39, 0.29) is 29.5 Å². The number of rotatable bonds is 18. The van der Waals surface area contributed by atoms with Crippen molar-refractivity contribution in [2.45, 2.75) is 107 Å². The lowest BCUT2D eigenvalue weighted by Gasteiger charge is -2.14. The molecule has 8 aromatic heterocycles. The zero-order chi connectivity index (χ0) is 78.8. The van der Waals surface area contributed by atoms with E-state index in [9.17, 15) is 0 Å². The molecular weight excluding hydrogens is 1380 g/mol. The Morgan fingerprint density at radius 1 is 0.327 bits per heavy atom. The Labute approximate surface area is 642 Å². The smallest absolute Gasteiger partial charge is 0.187 e. The normalized spacial score (nSPS) is 10.7. The predicted octanol–water partition coefficient (Wildman–Crippen LogP) is 17.7. The minimum absolute atomic E-state index is 0.204. The first-order valence-corrected chi connectivity index (χ1v) is 35.2. The molecule has 0 radical (unpaired) electrons. The second kappa shape index (κ2) is 38.8. The maximum Gasteiger partial charge on any atom is 0.187 e. The van der Waals surface area contributed by atoms with Crippen LogP contribution in [0, 0.1) is 62.7 Å². The van der Waals surface area contributed by atoms with E-state index < -0.39 is 0 Å². The maximum atomic E-state index is 8.87. The Bertz CT molecular complexity index is 5370. The Morgan fingerprint density at radius 3 is 0.945 bits per heavy atom. The van der Waals surface area contributed by atoms with Crippen LogP contribution in [0.15, 0.2) is 177 Å². The third-order valence-corrected chi connectivity index (χ3v) is 16.2. The molecule has 0 atom stereocenters. The first-order valence-electron chi connectivity index (χ1n) is 35.2. The van der Waals surface area contributed by atoms with Gasteiger partial charge in [0, 0.05) is 82.4 Å². The van der Waals surface area contributed by atoms with Crippen LogP contribution in [-0.2, 0) is 0 Å². The van der Waals surface area contributed by atoms with Crippen molar-refractivity contribution < 1.29 is 28.4 Å². The van der Waals surface area contributed by atoms with Gasteiger partial charge in [-0.25, -0.2) is 49.8 Å². The van der Waals surface area contributed by atoms with Crippen molar-refractivity contribution in [3.63, 3.8) is 0 Å². The molecule has 4 aromatic carbocycles. The van der Waals surface area contributed by atoms with E-state index in [1.807, 2.05) is 134 Å². The van der Waals surface area contributed by atoms with Crippen LogP contribution in [0.1, 0.15) is 175 Å². The van der Waals surface area contributed by atoms with Crippen molar-refractivity contribution in [3.05, 3.63) is 273 Å². The van der Waals surface area contributed by atoms with Gasteiger partial charge in [0.05, 0.1) is 62.0 Å². The lowest BCUT2D eigenvalue weighted by Crippen LogP contribution is -2.02. The van der Waals surface area contributed by atoms with Crippen LogP contribution in [0.5, 0.6) is 57.5 Å². The molecule has 23 nitrogen and oxygen atoms in total. The number of aromatic nitrogens is 12. The highest BCUT2D eigenvalue weighted by Gasteiger charge is 2.18. The molecule has 12 rings (SSSR count). The van der Waals surface area contributed by atoms with Gasteiger partial charge in [0.15, 0.2) is 46.3 Å². The minimum Gasteiger partial charge on any atom is -0.497 e. The lowest BCUT2D eigenvalue weighted by atomic mass is 10.0. The van der Waals surface area contributed by atoms with E-state index in [2.05, 4.69) is 145 Å². The molecule has 0 aliphatic rings. The molecule has 0 saturated heterocycles. The standard InChI is InChI=1S/C22H19N5O.C22H24N4O2.C22H22N4O2.C21H22N4O/c1-14(2)19-12-26-18(9-8-16-4-6-17(11-23)7-5-16)10-20(19)28-21-13-25-15(3)27-22(21)24;2*1-14(2)19-12-25-17(8-5-16-6-9-18(27-4)10-7-16)11-20(19)28-21-13-24-15(3)26-22(21)23;1-14(2)18-12-24-17(10-9-16-7-5-4-6-8-16)11-19(18)26-20-13-23-15(3)25-21(20)22/h4-7,10,12-14H,1-3H3,(H2,24,25,27);5-14H,1-4H3,(H2,23,24,26);6-7,9-14H,1-4H3,(H2,23,24,26);4-14H,1-3H3,(H2,22,23,25)/b;8-5+;;10-9+. The van der Waals surface area contributed by atoms with Crippen molar-refractivity contribution in [2.75, 3.05) is 37.2 Å². The zero-order valence-electron chi connectivity index (χ0n) is 63.9. The molecule has 8 heterocycles. The van der Waals surface area contributed by atoms with Crippen molar-refractivity contribution in [3.8, 4) is 87.2 Å². The number of ether oxygens (including phenoxy) is 6. The quantitative estimate of drug-likeness (QED) is 0.0580. The molecule has 8 N–H and O–H groups in total. The molecule has 556 valence electrons. The van der Waals surface area contributed by atoms with Crippen molar-refractivity contribution in [1.29, 1.82) is 5.26 Å². The third-order valence-electron chi connectivity index (χ3n) is 16.2. The fourth-order valence-corrected chi connectivity index (χ4v) is 10.1. The number of nitriles is 1. The summed E-state index contributed by atoms with van der Waals surface area (Å²) in [6.45, 7) is 23.7. The molecule has 0 amide bonds. The number of nitrogen functional groups attached to an aromatic ring is 4. The van der Waals surface area contributed by atoms with Gasteiger partial charge in [0.25, 0.3) is 0 Å². The van der Waals surface area contributed by atoms with Crippen molar-refractivity contribution >= 4 is 47.6 Å². The molecule has 0 aliphatic heterocycles. The molecular formula is C87H87N17O6. The van der Waals surface area contributed by atoms with Crippen LogP contribution in [0.25, 0.3) is 24.3 Å².